The fourth-order valence-corrected chi connectivity index (χ4v) is 3.96. The quantitative estimate of drug-likeness (QED) is 0.520. The van der Waals surface area contributed by atoms with Crippen molar-refractivity contribution in [3.8, 4) is 5.75 Å². The maximum absolute atomic E-state index is 13.0. The minimum atomic E-state index is -0.938. The third kappa shape index (κ3) is 4.38. The first-order valence-corrected chi connectivity index (χ1v) is 9.55. The molecule has 28 heavy (non-hydrogen) atoms. The Labute approximate surface area is 165 Å². The Morgan fingerprint density at radius 1 is 1.36 bits per heavy atom. The molecule has 0 radical (unpaired) electrons. The van der Waals surface area contributed by atoms with Gasteiger partial charge in [-0.1, -0.05) is 18.2 Å². The van der Waals surface area contributed by atoms with Gasteiger partial charge in [-0.15, -0.1) is 11.3 Å². The normalized spacial score (nSPS) is 12.1. The van der Waals surface area contributed by atoms with Crippen LogP contribution in [-0.2, 0) is 0 Å². The van der Waals surface area contributed by atoms with Gasteiger partial charge < -0.3 is 24.8 Å². The van der Waals surface area contributed by atoms with E-state index in [2.05, 4.69) is 9.97 Å². The summed E-state index contributed by atoms with van der Waals surface area (Å²) in [5.41, 5.74) is 0.236. The van der Waals surface area contributed by atoms with Crippen molar-refractivity contribution in [2.24, 2.45) is 0 Å². The Morgan fingerprint density at radius 3 is 2.79 bits per heavy atom. The van der Waals surface area contributed by atoms with Crippen LogP contribution >= 0.6 is 11.3 Å². The average molecular weight is 403 g/mol. The molecular weight excluding hydrogens is 382 g/mol. The van der Waals surface area contributed by atoms with Gasteiger partial charge in [-0.25, -0.2) is 4.98 Å². The van der Waals surface area contributed by atoms with Crippen molar-refractivity contribution in [1.29, 1.82) is 0 Å². The van der Waals surface area contributed by atoms with Crippen molar-refractivity contribution >= 4 is 27.5 Å². The van der Waals surface area contributed by atoms with Gasteiger partial charge in [-0.05, 0) is 24.6 Å². The van der Waals surface area contributed by atoms with Gasteiger partial charge in [0.2, 0.25) is 0 Å². The van der Waals surface area contributed by atoms with Crippen molar-refractivity contribution in [3.05, 3.63) is 57.5 Å². The van der Waals surface area contributed by atoms with Crippen LogP contribution in [0.15, 0.2) is 41.5 Å². The van der Waals surface area contributed by atoms with Crippen LogP contribution in [0.1, 0.15) is 15.2 Å². The Hall–Kier alpha value is -2.75. The molecule has 0 aliphatic heterocycles. The maximum atomic E-state index is 13.0. The summed E-state index contributed by atoms with van der Waals surface area (Å²) >= 11 is 1.12. The number of nitrogens with zero attached hydrogens (tertiary/aromatic N) is 2. The first-order chi connectivity index (χ1) is 13.5. The van der Waals surface area contributed by atoms with Crippen molar-refractivity contribution < 1.29 is 19.7 Å². The molecule has 0 saturated carbocycles. The Kier molecular flexibility index (Phi) is 6.40. The largest absolute Gasteiger partial charge is 0.491 e. The van der Waals surface area contributed by atoms with E-state index in [1.807, 2.05) is 18.2 Å². The van der Waals surface area contributed by atoms with E-state index in [0.29, 0.717) is 26.4 Å². The van der Waals surface area contributed by atoms with E-state index < -0.39 is 6.10 Å². The number of para-hydroxylation sites is 1. The smallest absolute Gasteiger partial charge is 0.264 e. The van der Waals surface area contributed by atoms with Crippen molar-refractivity contribution in [3.63, 3.8) is 0 Å². The number of amides is 1. The van der Waals surface area contributed by atoms with Gasteiger partial charge in [0.1, 0.15) is 23.3 Å². The van der Waals surface area contributed by atoms with Gasteiger partial charge in [0.25, 0.3) is 11.5 Å². The highest BCUT2D eigenvalue weighted by Crippen LogP contribution is 2.27. The second kappa shape index (κ2) is 8.96. The van der Waals surface area contributed by atoms with Crippen LogP contribution in [0.5, 0.6) is 5.75 Å². The SMILES string of the molecule is Cc1c(C(=O)N(CCO)C[C@H](O)COc2ccccc2)sc2nc[nH]c(=O)c12. The number of aryl methyl sites for hydroxylation is 1. The second-order valence-electron chi connectivity index (χ2n) is 6.22. The summed E-state index contributed by atoms with van der Waals surface area (Å²) in [6.07, 6.45) is 0.359. The third-order valence-electron chi connectivity index (χ3n) is 4.20. The molecule has 1 amide bonds. The van der Waals surface area contributed by atoms with Crippen LogP contribution in [0.4, 0.5) is 0 Å². The number of carbonyl (C=O) groups is 1. The molecule has 8 nitrogen and oxygen atoms in total. The molecule has 0 aliphatic rings. The van der Waals surface area contributed by atoms with Gasteiger partial charge in [-0.2, -0.15) is 0 Å². The van der Waals surface area contributed by atoms with Gasteiger partial charge in [0.05, 0.1) is 29.7 Å². The van der Waals surface area contributed by atoms with E-state index in [9.17, 15) is 19.8 Å². The summed E-state index contributed by atoms with van der Waals surface area (Å²) in [5.74, 6) is 0.250. The number of nitrogens with one attached hydrogen (secondary N) is 1. The molecule has 0 aliphatic carbocycles. The minimum Gasteiger partial charge on any atom is -0.491 e. The molecule has 1 aromatic carbocycles. The number of aliphatic hydroxyl groups excluding tert-OH is 2. The predicted molar refractivity (Wildman–Crippen MR) is 106 cm³/mol. The first kappa shape index (κ1) is 20.0. The number of rotatable bonds is 8. The molecule has 3 N–H and O–H groups in total. The number of H-pyrrole nitrogens is 1. The summed E-state index contributed by atoms with van der Waals surface area (Å²) in [6, 6.07) is 9.05. The van der Waals surface area contributed by atoms with Crippen LogP contribution in [0, 0.1) is 6.92 Å². The van der Waals surface area contributed by atoms with Crippen LogP contribution in [0.3, 0.4) is 0 Å². The minimum absolute atomic E-state index is 0.00580. The van der Waals surface area contributed by atoms with E-state index >= 15 is 0 Å². The molecule has 2 heterocycles. The molecule has 0 spiro atoms. The highest BCUT2D eigenvalue weighted by molar-refractivity contribution is 7.20. The van der Waals surface area contributed by atoms with Crippen LogP contribution in [0.2, 0.25) is 0 Å². The van der Waals surface area contributed by atoms with E-state index in [1.165, 1.54) is 11.2 Å². The molecule has 0 fully saturated rings. The van der Waals surface area contributed by atoms with Gasteiger partial charge in [0.15, 0.2) is 0 Å². The zero-order valence-electron chi connectivity index (χ0n) is 15.3. The maximum Gasteiger partial charge on any atom is 0.264 e. The fraction of sp³-hybridized carbons (Fsp3) is 0.316. The predicted octanol–water partition coefficient (Wildman–Crippen LogP) is 1.17. The molecule has 3 aromatic rings. The highest BCUT2D eigenvalue weighted by Gasteiger charge is 2.24. The van der Waals surface area contributed by atoms with Gasteiger partial charge >= 0.3 is 0 Å². The van der Waals surface area contributed by atoms with E-state index in [1.54, 1.807) is 19.1 Å². The van der Waals surface area contributed by atoms with Crippen molar-refractivity contribution in [2.75, 3.05) is 26.3 Å². The van der Waals surface area contributed by atoms with E-state index in [-0.39, 0.29) is 37.8 Å². The Morgan fingerprint density at radius 2 is 2.11 bits per heavy atom. The number of carbonyl (C=O) groups excluding carboxylic acids is 1. The first-order valence-electron chi connectivity index (χ1n) is 8.74. The van der Waals surface area contributed by atoms with Crippen LogP contribution < -0.4 is 10.3 Å². The highest BCUT2D eigenvalue weighted by atomic mass is 32.1. The molecule has 0 bridgehead atoms. The van der Waals surface area contributed by atoms with Crippen molar-refractivity contribution in [2.45, 2.75) is 13.0 Å². The number of hydrogen-bond donors (Lipinski definition) is 3. The lowest BCUT2D eigenvalue weighted by Gasteiger charge is -2.24. The van der Waals surface area contributed by atoms with E-state index in [0.717, 1.165) is 11.3 Å². The number of thiophene rings is 1. The molecule has 3 rings (SSSR count). The number of aromatic amines is 1. The number of fused-ring (bicyclic) bond motifs is 1. The van der Waals surface area contributed by atoms with Crippen LogP contribution in [-0.4, -0.2) is 63.4 Å². The zero-order chi connectivity index (χ0) is 20.1. The average Bonchev–Trinajstić information content (AvgIpc) is 3.04. The lowest BCUT2D eigenvalue weighted by molar-refractivity contribution is 0.0462. The summed E-state index contributed by atoms with van der Waals surface area (Å²) in [5, 5.41) is 20.0. The summed E-state index contributed by atoms with van der Waals surface area (Å²) in [6.45, 7) is 1.49. The Balaban J connectivity index is 1.74. The summed E-state index contributed by atoms with van der Waals surface area (Å²) < 4.78 is 5.52. The monoisotopic (exact) mass is 403 g/mol. The number of ether oxygens (including phenoxy) is 1. The lowest BCUT2D eigenvalue weighted by Crippen LogP contribution is -2.41. The number of aliphatic hydroxyl groups is 2. The summed E-state index contributed by atoms with van der Waals surface area (Å²) in [7, 11) is 0. The van der Waals surface area contributed by atoms with Crippen molar-refractivity contribution in [1.82, 2.24) is 14.9 Å². The zero-order valence-corrected chi connectivity index (χ0v) is 16.1. The second-order valence-corrected chi connectivity index (χ2v) is 7.22. The molecule has 0 unspecified atom stereocenters. The molecule has 9 heteroatoms. The third-order valence-corrected chi connectivity index (χ3v) is 5.39. The van der Waals surface area contributed by atoms with Crippen LogP contribution in [0.25, 0.3) is 10.2 Å². The Bertz CT molecular complexity index is 1000. The summed E-state index contributed by atoms with van der Waals surface area (Å²) in [4.78, 5) is 33.8. The number of hydrogen-bond acceptors (Lipinski definition) is 7. The lowest BCUT2D eigenvalue weighted by atomic mass is 10.2. The molecule has 0 saturated heterocycles. The molecule has 2 aromatic heterocycles. The number of aromatic nitrogens is 2. The molecule has 148 valence electrons. The number of benzene rings is 1. The fourth-order valence-electron chi connectivity index (χ4n) is 2.84. The van der Waals surface area contributed by atoms with Gasteiger partial charge in [0, 0.05) is 6.54 Å². The molecule has 1 atom stereocenters. The standard InChI is InChI=1S/C19H21N3O5S/c1-12-15-17(25)20-11-21-18(15)28-16(12)19(26)22(7-8-23)9-13(24)10-27-14-5-3-2-4-6-14/h2-6,11,13,23-24H,7-10H2,1H3,(H,20,21,25)/t13-/m0/s1. The molecular formula is C19H21N3O5S. The van der Waals surface area contributed by atoms with E-state index in [4.69, 9.17) is 4.74 Å². The topological polar surface area (TPSA) is 116 Å². The van der Waals surface area contributed by atoms with Gasteiger partial charge in [-0.3, -0.25) is 9.59 Å².